The van der Waals surface area contributed by atoms with Gasteiger partial charge in [-0.15, -0.1) is 11.3 Å². The summed E-state index contributed by atoms with van der Waals surface area (Å²) in [6.07, 6.45) is 0. The van der Waals surface area contributed by atoms with Gasteiger partial charge in [-0.2, -0.15) is 0 Å². The third-order valence-corrected chi connectivity index (χ3v) is 7.02. The number of halogens is 2. The Morgan fingerprint density at radius 1 is 0.943 bits per heavy atom. The second-order valence-corrected chi connectivity index (χ2v) is 9.35. The second kappa shape index (κ2) is 9.81. The first-order valence-electron chi connectivity index (χ1n) is 10.5. The third-order valence-electron chi connectivity index (χ3n) is 5.21. The summed E-state index contributed by atoms with van der Waals surface area (Å²) in [5.74, 6) is -1.06. The number of anilines is 1. The van der Waals surface area contributed by atoms with E-state index in [1.807, 2.05) is 23.6 Å². The fourth-order valence-electron chi connectivity index (χ4n) is 3.58. The van der Waals surface area contributed by atoms with Crippen LogP contribution in [0.5, 0.6) is 0 Å². The standard InChI is InChI=1S/C26H17F2N3O2S2/c27-17-8-6-16(7-9-17)21-14-34-24-23(21)25(33)31(20-4-2-1-3-5-20)26(30-24)35-15-22(32)29-19-12-10-18(28)11-13-19/h1-14H,15H2,(H,29,32). The lowest BCUT2D eigenvalue weighted by atomic mass is 10.1. The number of hydrogen-bond acceptors (Lipinski definition) is 5. The molecule has 0 radical (unpaired) electrons. The van der Waals surface area contributed by atoms with E-state index in [9.17, 15) is 18.4 Å². The molecule has 0 aliphatic rings. The minimum Gasteiger partial charge on any atom is -0.325 e. The van der Waals surface area contributed by atoms with Crippen LogP contribution in [0.15, 0.2) is 94.2 Å². The first-order chi connectivity index (χ1) is 17.0. The monoisotopic (exact) mass is 505 g/mol. The van der Waals surface area contributed by atoms with Gasteiger partial charge in [0.15, 0.2) is 5.16 Å². The average molecular weight is 506 g/mol. The van der Waals surface area contributed by atoms with E-state index < -0.39 is 5.82 Å². The highest BCUT2D eigenvalue weighted by Crippen LogP contribution is 2.33. The summed E-state index contributed by atoms with van der Waals surface area (Å²) >= 11 is 2.45. The first-order valence-corrected chi connectivity index (χ1v) is 12.4. The molecule has 3 aromatic carbocycles. The second-order valence-electron chi connectivity index (χ2n) is 7.55. The number of thiophene rings is 1. The molecular formula is C26H17F2N3O2S2. The molecule has 35 heavy (non-hydrogen) atoms. The van der Waals surface area contributed by atoms with Crippen LogP contribution in [0.3, 0.4) is 0 Å². The number of fused-ring (bicyclic) bond motifs is 1. The highest BCUT2D eigenvalue weighted by Gasteiger charge is 2.19. The molecule has 5 nitrogen and oxygen atoms in total. The maximum atomic E-state index is 13.7. The number of hydrogen-bond donors (Lipinski definition) is 1. The molecule has 0 unspecified atom stereocenters. The van der Waals surface area contributed by atoms with Crippen molar-refractivity contribution < 1.29 is 13.6 Å². The van der Waals surface area contributed by atoms with Crippen LogP contribution in [0.2, 0.25) is 0 Å². The molecule has 2 heterocycles. The highest BCUT2D eigenvalue weighted by molar-refractivity contribution is 7.99. The van der Waals surface area contributed by atoms with Gasteiger partial charge in [0.25, 0.3) is 5.56 Å². The molecule has 0 saturated heterocycles. The Morgan fingerprint density at radius 3 is 2.29 bits per heavy atom. The third kappa shape index (κ3) is 4.87. The van der Waals surface area contributed by atoms with Crippen LogP contribution in [0.25, 0.3) is 27.0 Å². The molecule has 2 aromatic heterocycles. The topological polar surface area (TPSA) is 64.0 Å². The number of rotatable bonds is 6. The fraction of sp³-hybridized carbons (Fsp3) is 0.0385. The van der Waals surface area contributed by atoms with E-state index in [4.69, 9.17) is 4.98 Å². The first kappa shape index (κ1) is 22.9. The molecule has 5 rings (SSSR count). The lowest BCUT2D eigenvalue weighted by Crippen LogP contribution is -2.22. The molecule has 0 spiro atoms. The molecule has 1 N–H and O–H groups in total. The molecule has 0 aliphatic carbocycles. The number of nitrogens with zero attached hydrogens (tertiary/aromatic N) is 2. The highest BCUT2D eigenvalue weighted by atomic mass is 32.2. The van der Waals surface area contributed by atoms with Gasteiger partial charge in [-0.1, -0.05) is 42.1 Å². The number of thioether (sulfide) groups is 1. The van der Waals surface area contributed by atoms with Crippen LogP contribution in [0.1, 0.15) is 0 Å². The van der Waals surface area contributed by atoms with Crippen molar-refractivity contribution in [2.75, 3.05) is 11.1 Å². The van der Waals surface area contributed by atoms with E-state index >= 15 is 0 Å². The summed E-state index contributed by atoms with van der Waals surface area (Å²) < 4.78 is 28.0. The average Bonchev–Trinajstić information content (AvgIpc) is 3.29. The van der Waals surface area contributed by atoms with Crippen molar-refractivity contribution in [3.8, 4) is 16.8 Å². The molecule has 9 heteroatoms. The van der Waals surface area contributed by atoms with Crippen molar-refractivity contribution in [1.82, 2.24) is 9.55 Å². The number of nitrogens with one attached hydrogen (secondary N) is 1. The van der Waals surface area contributed by atoms with Gasteiger partial charge < -0.3 is 5.32 Å². The van der Waals surface area contributed by atoms with Gasteiger partial charge in [-0.3, -0.25) is 14.2 Å². The fourth-order valence-corrected chi connectivity index (χ4v) is 5.38. The number of amides is 1. The maximum absolute atomic E-state index is 13.7. The Kier molecular flexibility index (Phi) is 6.43. The van der Waals surface area contributed by atoms with E-state index in [-0.39, 0.29) is 23.0 Å². The van der Waals surface area contributed by atoms with Gasteiger partial charge in [0.05, 0.1) is 16.8 Å². The largest absolute Gasteiger partial charge is 0.325 e. The molecule has 1 amide bonds. The van der Waals surface area contributed by atoms with Gasteiger partial charge in [-0.05, 0) is 54.1 Å². The van der Waals surface area contributed by atoms with E-state index in [2.05, 4.69) is 5.32 Å². The number of benzene rings is 3. The zero-order chi connectivity index (χ0) is 24.4. The van der Waals surface area contributed by atoms with Crippen LogP contribution in [-0.4, -0.2) is 21.2 Å². The summed E-state index contributed by atoms with van der Waals surface area (Å²) in [5, 5.41) is 5.35. The summed E-state index contributed by atoms with van der Waals surface area (Å²) in [7, 11) is 0. The van der Waals surface area contributed by atoms with Crippen molar-refractivity contribution in [1.29, 1.82) is 0 Å². The molecule has 5 aromatic rings. The normalized spacial score (nSPS) is 11.0. The minimum atomic E-state index is -0.391. The van der Waals surface area contributed by atoms with Gasteiger partial charge in [0, 0.05) is 16.6 Å². The predicted molar refractivity (Wildman–Crippen MR) is 136 cm³/mol. The zero-order valence-corrected chi connectivity index (χ0v) is 19.7. The van der Waals surface area contributed by atoms with Crippen LogP contribution < -0.4 is 10.9 Å². The summed E-state index contributed by atoms with van der Waals surface area (Å²) in [5.41, 5.74) is 2.21. The van der Waals surface area contributed by atoms with Crippen molar-refractivity contribution >= 4 is 44.9 Å². The molecular weight excluding hydrogens is 488 g/mol. The van der Waals surface area contributed by atoms with Crippen molar-refractivity contribution in [2.24, 2.45) is 0 Å². The maximum Gasteiger partial charge on any atom is 0.268 e. The van der Waals surface area contributed by atoms with Crippen LogP contribution in [0, 0.1) is 11.6 Å². The lowest BCUT2D eigenvalue weighted by molar-refractivity contribution is -0.113. The summed E-state index contributed by atoms with van der Waals surface area (Å²) in [4.78, 5) is 31.5. The zero-order valence-electron chi connectivity index (χ0n) is 18.1. The molecule has 0 atom stereocenters. The van der Waals surface area contributed by atoms with Crippen LogP contribution in [0.4, 0.5) is 14.5 Å². The molecule has 174 valence electrons. The van der Waals surface area contributed by atoms with Crippen molar-refractivity contribution in [3.05, 3.63) is 106 Å². The Labute approximate surface area is 207 Å². The number of aromatic nitrogens is 2. The van der Waals surface area contributed by atoms with Gasteiger partial charge in [0.1, 0.15) is 16.5 Å². The van der Waals surface area contributed by atoms with E-state index in [0.29, 0.717) is 32.3 Å². The van der Waals surface area contributed by atoms with Gasteiger partial charge in [0.2, 0.25) is 5.91 Å². The van der Waals surface area contributed by atoms with E-state index in [1.54, 1.807) is 24.3 Å². The lowest BCUT2D eigenvalue weighted by Gasteiger charge is -2.13. The van der Waals surface area contributed by atoms with Crippen LogP contribution in [-0.2, 0) is 4.79 Å². The van der Waals surface area contributed by atoms with E-state index in [1.165, 1.54) is 52.3 Å². The van der Waals surface area contributed by atoms with E-state index in [0.717, 1.165) is 17.3 Å². The Morgan fingerprint density at radius 2 is 1.60 bits per heavy atom. The van der Waals surface area contributed by atoms with Gasteiger partial charge >= 0.3 is 0 Å². The summed E-state index contributed by atoms with van der Waals surface area (Å²) in [6.45, 7) is 0. The molecule has 0 saturated carbocycles. The molecule has 0 fully saturated rings. The minimum absolute atomic E-state index is 0.00164. The molecule has 0 bridgehead atoms. The SMILES string of the molecule is O=C(CSc1nc2scc(-c3ccc(F)cc3)c2c(=O)n1-c1ccccc1)Nc1ccc(F)cc1. The molecule has 0 aliphatic heterocycles. The van der Waals surface area contributed by atoms with Crippen molar-refractivity contribution in [2.45, 2.75) is 5.16 Å². The number of para-hydroxylation sites is 1. The predicted octanol–water partition coefficient (Wildman–Crippen LogP) is 6.12. The number of carbonyl (C=O) groups is 1. The van der Waals surface area contributed by atoms with Crippen LogP contribution >= 0.6 is 23.1 Å². The smallest absolute Gasteiger partial charge is 0.268 e. The quantitative estimate of drug-likeness (QED) is 0.223. The summed E-state index contributed by atoms with van der Waals surface area (Å²) in [6, 6.07) is 20.5. The Hall–Kier alpha value is -3.82. The van der Waals surface area contributed by atoms with Crippen molar-refractivity contribution in [3.63, 3.8) is 0 Å². The Balaban J connectivity index is 1.53. The number of carbonyl (C=O) groups excluding carboxylic acids is 1. The Bertz CT molecular complexity index is 1570. The van der Waals surface area contributed by atoms with Gasteiger partial charge in [-0.25, -0.2) is 13.8 Å².